The van der Waals surface area contributed by atoms with E-state index < -0.39 is 4.25 Å². The van der Waals surface area contributed by atoms with Gasteiger partial charge < -0.3 is 10.6 Å². The maximum Gasteiger partial charge on any atom is 0.197 e. The van der Waals surface area contributed by atoms with Crippen LogP contribution in [0.5, 0.6) is 5.75 Å². The van der Waals surface area contributed by atoms with Gasteiger partial charge in [0.1, 0.15) is 0 Å². The summed E-state index contributed by atoms with van der Waals surface area (Å²) in [6.07, 6.45) is 10.7. The first-order valence-electron chi connectivity index (χ1n) is 16.9. The van der Waals surface area contributed by atoms with Gasteiger partial charge >= 0.3 is 208 Å². The minimum Gasteiger partial charge on any atom is -0.370 e. The normalized spacial score (nSPS) is 15.5. The van der Waals surface area contributed by atoms with E-state index in [4.69, 9.17) is 10.5 Å². The summed E-state index contributed by atoms with van der Waals surface area (Å²) in [6.45, 7) is 0.738. The third-order valence-electron chi connectivity index (χ3n) is 8.97. The number of nitrogens with one attached hydrogen (secondary N) is 1. The van der Waals surface area contributed by atoms with Crippen molar-refractivity contribution in [1.29, 1.82) is 0 Å². The molecule has 47 heavy (non-hydrogen) atoms. The van der Waals surface area contributed by atoms with Crippen LogP contribution in [0, 0.1) is 0 Å². The molecule has 0 radical (unpaired) electrons. The number of ether oxygens (including phenoxy) is 1. The van der Waals surface area contributed by atoms with Gasteiger partial charge in [-0.05, 0) is 17.7 Å². The van der Waals surface area contributed by atoms with Gasteiger partial charge in [-0.15, -0.1) is 0 Å². The average molecular weight is 762 g/mol. The molecular weight excluding hydrogens is 712 g/mol. The molecule has 248 valence electrons. The minimum atomic E-state index is -2.64. The number of aliphatic imine (C=N–C) groups is 2. The van der Waals surface area contributed by atoms with Crippen molar-refractivity contribution < 1.29 is 4.74 Å². The summed E-state index contributed by atoms with van der Waals surface area (Å²) >= 11 is 2.91. The van der Waals surface area contributed by atoms with Gasteiger partial charge in [0.25, 0.3) is 0 Å². The SMILES string of the molecule is CN(C)C1=NC(c2ccc(OCCCCCCCCCCP(I)(c3ccccc3)(c3ccccc3)c3ccccc3)cc2)N=C(N)N1. The number of rotatable bonds is 16. The van der Waals surface area contributed by atoms with Crippen LogP contribution in [-0.4, -0.2) is 43.7 Å². The van der Waals surface area contributed by atoms with Crippen molar-refractivity contribution >= 4 is 54.1 Å². The number of nitrogens with two attached hydrogens (primary N) is 1. The fourth-order valence-corrected chi connectivity index (χ4v) is 15.2. The number of guanidine groups is 2. The minimum absolute atomic E-state index is 0.341. The second kappa shape index (κ2) is 16.6. The molecule has 0 saturated carbocycles. The summed E-state index contributed by atoms with van der Waals surface area (Å²) in [7, 11) is 3.85. The van der Waals surface area contributed by atoms with Crippen molar-refractivity contribution in [2.24, 2.45) is 15.7 Å². The monoisotopic (exact) mass is 761 g/mol. The van der Waals surface area contributed by atoms with Crippen LogP contribution >= 0.6 is 26.3 Å². The third kappa shape index (κ3) is 8.55. The Hall–Kier alpha value is -3.42. The van der Waals surface area contributed by atoms with Gasteiger partial charge in [-0.1, -0.05) is 12.1 Å². The number of benzene rings is 4. The smallest absolute Gasteiger partial charge is 0.197 e. The Morgan fingerprint density at radius 1 is 0.660 bits per heavy atom. The summed E-state index contributed by atoms with van der Waals surface area (Å²) in [5.74, 6) is 1.96. The Bertz CT molecular complexity index is 1500. The molecule has 8 heteroatoms. The maximum atomic E-state index is 6.03. The Kier molecular flexibility index (Phi) is 12.3. The summed E-state index contributed by atoms with van der Waals surface area (Å²) in [4.78, 5) is 10.9. The van der Waals surface area contributed by atoms with Crippen LogP contribution in [0.2, 0.25) is 0 Å². The molecule has 0 aliphatic carbocycles. The molecule has 0 amide bonds. The van der Waals surface area contributed by atoms with Gasteiger partial charge in [0.15, 0.2) is 12.1 Å². The maximum absolute atomic E-state index is 6.03. The molecule has 1 unspecified atom stereocenters. The van der Waals surface area contributed by atoms with Crippen LogP contribution < -0.4 is 31.7 Å². The molecule has 4 aromatic carbocycles. The number of unbranched alkanes of at least 4 members (excludes halogenated alkanes) is 7. The van der Waals surface area contributed by atoms with E-state index in [0.717, 1.165) is 24.3 Å². The van der Waals surface area contributed by atoms with Gasteiger partial charge in [0.05, 0.1) is 0 Å². The van der Waals surface area contributed by atoms with Crippen LogP contribution in [0.15, 0.2) is 125 Å². The molecule has 1 atom stereocenters. The Morgan fingerprint density at radius 3 is 1.62 bits per heavy atom. The summed E-state index contributed by atoms with van der Waals surface area (Å²) in [5, 5.41) is 7.42. The molecule has 1 aliphatic rings. The van der Waals surface area contributed by atoms with Gasteiger partial charge in [0.2, 0.25) is 5.96 Å². The molecule has 0 fully saturated rings. The molecule has 5 rings (SSSR count). The van der Waals surface area contributed by atoms with Crippen LogP contribution in [0.1, 0.15) is 63.1 Å². The quantitative estimate of drug-likeness (QED) is 0.0692. The van der Waals surface area contributed by atoms with Crippen molar-refractivity contribution in [1.82, 2.24) is 10.2 Å². The number of halogens is 1. The van der Waals surface area contributed by atoms with E-state index in [1.165, 1.54) is 67.0 Å². The van der Waals surface area contributed by atoms with E-state index in [1.54, 1.807) is 0 Å². The van der Waals surface area contributed by atoms with E-state index in [-0.39, 0.29) is 6.17 Å². The molecule has 4 aromatic rings. The van der Waals surface area contributed by atoms with E-state index >= 15 is 0 Å². The molecule has 1 heterocycles. The van der Waals surface area contributed by atoms with E-state index in [9.17, 15) is 0 Å². The second-order valence-corrected chi connectivity index (χ2v) is 23.3. The molecule has 1 aliphatic heterocycles. The summed E-state index contributed by atoms with van der Waals surface area (Å²) in [5.41, 5.74) is 6.94. The van der Waals surface area contributed by atoms with Crippen LogP contribution in [0.4, 0.5) is 0 Å². The van der Waals surface area contributed by atoms with Crippen molar-refractivity contribution in [3.8, 4) is 5.75 Å². The first-order chi connectivity index (χ1) is 22.9. The van der Waals surface area contributed by atoms with E-state index in [1.807, 2.05) is 43.3 Å². The molecule has 6 nitrogen and oxygen atoms in total. The van der Waals surface area contributed by atoms with Crippen LogP contribution in [-0.2, 0) is 0 Å². The largest absolute Gasteiger partial charge is 0.370 e. The van der Waals surface area contributed by atoms with Crippen LogP contribution in [0.25, 0.3) is 0 Å². The zero-order valence-electron chi connectivity index (χ0n) is 27.8. The zero-order chi connectivity index (χ0) is 33.0. The fraction of sp³-hybridized carbons (Fsp3) is 0.333. The third-order valence-corrected chi connectivity index (χ3v) is 20.7. The molecule has 0 saturated heterocycles. The van der Waals surface area contributed by atoms with Gasteiger partial charge in [-0.3, -0.25) is 5.32 Å². The van der Waals surface area contributed by atoms with Gasteiger partial charge in [0, 0.05) is 14.1 Å². The molecule has 0 bridgehead atoms. The van der Waals surface area contributed by atoms with Gasteiger partial charge in [-0.2, -0.15) is 0 Å². The number of nitrogens with zero attached hydrogens (tertiary/aromatic N) is 3. The predicted molar refractivity (Wildman–Crippen MR) is 212 cm³/mol. The predicted octanol–water partition coefficient (Wildman–Crippen LogP) is 7.90. The molecule has 0 spiro atoms. The van der Waals surface area contributed by atoms with Crippen molar-refractivity contribution in [2.45, 2.75) is 57.5 Å². The van der Waals surface area contributed by atoms with Crippen molar-refractivity contribution in [2.75, 3.05) is 26.9 Å². The van der Waals surface area contributed by atoms with E-state index in [2.05, 4.69) is 128 Å². The molecular formula is C39H49IN5OP. The van der Waals surface area contributed by atoms with Crippen molar-refractivity contribution in [3.63, 3.8) is 0 Å². The summed E-state index contributed by atoms with van der Waals surface area (Å²) in [6, 6.07) is 41.9. The van der Waals surface area contributed by atoms with Crippen molar-refractivity contribution in [3.05, 3.63) is 121 Å². The molecule has 3 N–H and O–H groups in total. The summed E-state index contributed by atoms with van der Waals surface area (Å²) < 4.78 is 3.38. The zero-order valence-corrected chi connectivity index (χ0v) is 30.8. The number of hydrogen-bond donors (Lipinski definition) is 2. The number of hydrogen-bond acceptors (Lipinski definition) is 6. The first kappa shape index (κ1) is 34.9. The Labute approximate surface area is 294 Å². The first-order valence-corrected chi connectivity index (χ1v) is 22.1. The Balaban J connectivity index is 1.04. The standard InChI is InChI=1S/C39H49IN5OP/c1-45(2)39-43-37(42-38(41)44-39)32-26-28-33(29-27-32)46-30-18-7-5-3-4-6-8-19-31-47(40,34-20-12-9-13-21-34,35-22-14-10-15-23-35)36-24-16-11-17-25-36/h9-17,20-29,37H,3-8,18-19,30-31H2,1-2H3,(H3,41,42,43,44). The molecule has 0 aromatic heterocycles. The topological polar surface area (TPSA) is 75.2 Å². The van der Waals surface area contributed by atoms with Crippen LogP contribution in [0.3, 0.4) is 0 Å². The average Bonchev–Trinajstić information content (AvgIpc) is 3.11. The Morgan fingerprint density at radius 2 is 1.13 bits per heavy atom. The fourth-order valence-electron chi connectivity index (χ4n) is 6.38. The van der Waals surface area contributed by atoms with Gasteiger partial charge in [-0.25, -0.2) is 9.98 Å². The van der Waals surface area contributed by atoms with E-state index in [0.29, 0.717) is 11.9 Å². The second-order valence-electron chi connectivity index (χ2n) is 12.5.